The van der Waals surface area contributed by atoms with Crippen LogP contribution in [0.2, 0.25) is 0 Å². The summed E-state index contributed by atoms with van der Waals surface area (Å²) in [5, 5.41) is 0. The quantitative estimate of drug-likeness (QED) is 0.198. The molecule has 0 N–H and O–H groups in total. The Hall–Kier alpha value is -3.21. The van der Waals surface area contributed by atoms with Crippen LogP contribution in [0.25, 0.3) is 11.1 Å². The van der Waals surface area contributed by atoms with Gasteiger partial charge in [0.2, 0.25) is 0 Å². The second kappa shape index (κ2) is 11.8. The number of benzene rings is 2. The summed E-state index contributed by atoms with van der Waals surface area (Å²) >= 11 is 0. The molecule has 2 aromatic carbocycles. The van der Waals surface area contributed by atoms with Crippen LogP contribution in [0.4, 0.5) is 13.2 Å². The number of ether oxygens (including phenoxy) is 2. The normalized spacial score (nSPS) is 18.3. The zero-order valence-electron chi connectivity index (χ0n) is 19.6. The van der Waals surface area contributed by atoms with Gasteiger partial charge in [-0.25, -0.2) is 13.2 Å². The van der Waals surface area contributed by atoms with E-state index in [1.54, 1.807) is 43.3 Å². The van der Waals surface area contributed by atoms with E-state index in [-0.39, 0.29) is 29.6 Å². The lowest BCUT2D eigenvalue weighted by atomic mass is 9.78. The summed E-state index contributed by atoms with van der Waals surface area (Å²) in [7, 11) is 0. The summed E-state index contributed by atoms with van der Waals surface area (Å²) < 4.78 is 54.2. The van der Waals surface area contributed by atoms with E-state index >= 15 is 0 Å². The lowest BCUT2D eigenvalue weighted by Crippen LogP contribution is -2.13. The highest BCUT2D eigenvalue weighted by Gasteiger charge is 2.25. The van der Waals surface area contributed by atoms with Crippen LogP contribution >= 0.6 is 0 Å². The molecule has 0 unspecified atom stereocenters. The third-order valence-electron chi connectivity index (χ3n) is 6.22. The average molecular weight is 469 g/mol. The van der Waals surface area contributed by atoms with Crippen molar-refractivity contribution in [2.75, 3.05) is 6.61 Å². The van der Waals surface area contributed by atoms with Gasteiger partial charge in [0.1, 0.15) is 18.1 Å². The molecule has 0 saturated heterocycles. The van der Waals surface area contributed by atoms with Crippen LogP contribution in [0, 0.1) is 17.6 Å². The zero-order valence-corrected chi connectivity index (χ0v) is 19.6. The van der Waals surface area contributed by atoms with Crippen molar-refractivity contribution in [1.82, 2.24) is 0 Å². The number of allylic oxidation sites excluding steroid dienone is 3. The predicted octanol–water partition coefficient (Wildman–Crippen LogP) is 8.53. The minimum Gasteiger partial charge on any atom is -0.491 e. The van der Waals surface area contributed by atoms with Gasteiger partial charge in [-0.1, -0.05) is 55.6 Å². The monoisotopic (exact) mass is 468 g/mol. The van der Waals surface area contributed by atoms with Crippen molar-refractivity contribution in [1.29, 1.82) is 0 Å². The van der Waals surface area contributed by atoms with E-state index in [0.717, 1.165) is 37.3 Å². The summed E-state index contributed by atoms with van der Waals surface area (Å²) in [5.41, 5.74) is 2.02. The van der Waals surface area contributed by atoms with Gasteiger partial charge in [-0.3, -0.25) is 0 Å². The highest BCUT2D eigenvalue weighted by Crippen LogP contribution is 2.39. The van der Waals surface area contributed by atoms with Crippen LogP contribution in [-0.2, 0) is 16.1 Å². The molecule has 0 radical (unpaired) electrons. The maximum absolute atomic E-state index is 15.0. The smallest absolute Gasteiger partial charge is 0.168 e. The molecule has 5 heteroatoms. The van der Waals surface area contributed by atoms with Crippen molar-refractivity contribution in [3.05, 3.63) is 108 Å². The lowest BCUT2D eigenvalue weighted by molar-refractivity contribution is 0.207. The van der Waals surface area contributed by atoms with E-state index in [1.165, 1.54) is 0 Å². The van der Waals surface area contributed by atoms with E-state index in [0.29, 0.717) is 23.7 Å². The van der Waals surface area contributed by atoms with Gasteiger partial charge in [0.25, 0.3) is 0 Å². The van der Waals surface area contributed by atoms with Gasteiger partial charge in [-0.15, -0.1) is 6.58 Å². The van der Waals surface area contributed by atoms with Crippen LogP contribution in [-0.4, -0.2) is 6.61 Å². The van der Waals surface area contributed by atoms with Gasteiger partial charge in [-0.05, 0) is 61.1 Å². The van der Waals surface area contributed by atoms with Crippen molar-refractivity contribution in [2.24, 2.45) is 5.92 Å². The number of hydrogen-bond donors (Lipinski definition) is 0. The molecule has 0 amide bonds. The fourth-order valence-corrected chi connectivity index (χ4v) is 4.23. The van der Waals surface area contributed by atoms with Crippen LogP contribution in [0.1, 0.15) is 49.7 Å². The average Bonchev–Trinajstić information content (AvgIpc) is 2.85. The molecule has 0 bridgehead atoms. The second-order valence-corrected chi connectivity index (χ2v) is 8.48. The fraction of sp³-hybridized carbons (Fsp3) is 0.310. The zero-order chi connectivity index (χ0) is 24.7. The van der Waals surface area contributed by atoms with E-state index in [4.69, 9.17) is 9.47 Å². The molecule has 0 aliphatic heterocycles. The molecule has 180 valence electrons. The van der Waals surface area contributed by atoms with Gasteiger partial charge >= 0.3 is 0 Å². The van der Waals surface area contributed by atoms with Gasteiger partial charge in [0.15, 0.2) is 17.5 Å². The first-order valence-electron chi connectivity index (χ1n) is 11.5. The first kappa shape index (κ1) is 25.4. The topological polar surface area (TPSA) is 18.5 Å². The Bertz CT molecular complexity index is 1060. The van der Waals surface area contributed by atoms with Crippen LogP contribution in [0.15, 0.2) is 85.6 Å². The van der Waals surface area contributed by atoms with Gasteiger partial charge in [0.05, 0.1) is 6.61 Å². The van der Waals surface area contributed by atoms with E-state index in [9.17, 15) is 13.2 Å². The molecule has 1 fully saturated rings. The number of halogens is 3. The molecule has 0 atom stereocenters. The minimum atomic E-state index is -0.823. The van der Waals surface area contributed by atoms with Gasteiger partial charge in [-0.2, -0.15) is 0 Å². The molecule has 34 heavy (non-hydrogen) atoms. The van der Waals surface area contributed by atoms with Gasteiger partial charge in [0, 0.05) is 11.6 Å². The van der Waals surface area contributed by atoms with Crippen molar-refractivity contribution in [2.45, 2.75) is 45.1 Å². The predicted molar refractivity (Wildman–Crippen MR) is 131 cm³/mol. The molecule has 2 aromatic rings. The van der Waals surface area contributed by atoms with Crippen molar-refractivity contribution in [3.8, 4) is 11.1 Å². The summed E-state index contributed by atoms with van der Waals surface area (Å²) in [4.78, 5) is 0. The van der Waals surface area contributed by atoms with Crippen LogP contribution in [0.3, 0.4) is 0 Å². The molecule has 1 saturated carbocycles. The molecule has 1 aliphatic carbocycles. The maximum Gasteiger partial charge on any atom is 0.168 e. The number of hydrogen-bond acceptors (Lipinski definition) is 2. The third-order valence-corrected chi connectivity index (χ3v) is 6.22. The molecular formula is C29H31F3O2. The Labute approximate surface area is 200 Å². The molecule has 3 rings (SSSR count). The Morgan fingerprint density at radius 1 is 0.971 bits per heavy atom. The van der Waals surface area contributed by atoms with Crippen molar-refractivity contribution >= 4 is 0 Å². The molecule has 2 nitrogen and oxygen atoms in total. The van der Waals surface area contributed by atoms with Gasteiger partial charge < -0.3 is 9.47 Å². The standard InChI is InChI=1S/C29H31F3O2/c1-5-21-7-11-23(12-8-21)25-15-16-26(29(32)28(25)31)24-13-9-22(10-14-24)18-34-19(3)17-27(30)20(4)33-6-2/h5,9-10,13-17,21,23H,1,3-4,6-8,11-12,18H2,2H3/b27-17+. The molecule has 1 aliphatic rings. The highest BCUT2D eigenvalue weighted by atomic mass is 19.2. The van der Waals surface area contributed by atoms with E-state index < -0.39 is 17.5 Å². The fourth-order valence-electron chi connectivity index (χ4n) is 4.23. The maximum atomic E-state index is 15.0. The summed E-state index contributed by atoms with van der Waals surface area (Å²) in [6.45, 7) is 13.2. The molecule has 0 aromatic heterocycles. The summed E-state index contributed by atoms with van der Waals surface area (Å²) in [6.07, 6.45) is 6.65. The third kappa shape index (κ3) is 6.22. The molecule has 0 heterocycles. The van der Waals surface area contributed by atoms with Crippen molar-refractivity contribution < 1.29 is 22.6 Å². The Morgan fingerprint density at radius 3 is 2.26 bits per heavy atom. The second-order valence-electron chi connectivity index (χ2n) is 8.48. The first-order chi connectivity index (χ1) is 16.3. The van der Waals surface area contributed by atoms with Crippen LogP contribution in [0.5, 0.6) is 0 Å². The molecular weight excluding hydrogens is 437 g/mol. The largest absolute Gasteiger partial charge is 0.491 e. The summed E-state index contributed by atoms with van der Waals surface area (Å²) in [5.74, 6) is -1.70. The Balaban J connectivity index is 1.65. The van der Waals surface area contributed by atoms with E-state index in [1.807, 2.05) is 6.08 Å². The Kier molecular flexibility index (Phi) is 8.80. The Morgan fingerprint density at radius 2 is 1.65 bits per heavy atom. The number of rotatable bonds is 10. The van der Waals surface area contributed by atoms with E-state index in [2.05, 4.69) is 19.7 Å². The van der Waals surface area contributed by atoms with Crippen molar-refractivity contribution in [3.63, 3.8) is 0 Å². The SMILES string of the molecule is C=CC1CCC(c2ccc(-c3ccc(COC(=C)/C=C(/F)C(=C)OCC)cc3)c(F)c2F)CC1. The minimum absolute atomic E-state index is 0.0389. The highest BCUT2D eigenvalue weighted by molar-refractivity contribution is 5.65. The molecule has 0 spiro atoms. The summed E-state index contributed by atoms with van der Waals surface area (Å²) in [6, 6.07) is 10.3. The first-order valence-corrected chi connectivity index (χ1v) is 11.5. The van der Waals surface area contributed by atoms with Crippen LogP contribution < -0.4 is 0 Å². The lowest BCUT2D eigenvalue weighted by Gasteiger charge is -2.27.